The number of hydrogen-bond donors (Lipinski definition) is 0. The van der Waals surface area contributed by atoms with E-state index < -0.39 is 11.7 Å². The Labute approximate surface area is 263 Å². The van der Waals surface area contributed by atoms with Crippen LogP contribution in [0.2, 0.25) is 0 Å². The van der Waals surface area contributed by atoms with E-state index in [4.69, 9.17) is 4.98 Å². The van der Waals surface area contributed by atoms with E-state index in [1.54, 1.807) is 0 Å². The maximum absolute atomic E-state index is 13.6. The van der Waals surface area contributed by atoms with Crippen LogP contribution in [0, 0.1) is 0 Å². The first kappa shape index (κ1) is 26.7. The quantitative estimate of drug-likeness (QED) is 0.184. The molecule has 0 bridgehead atoms. The molecule has 0 saturated heterocycles. The van der Waals surface area contributed by atoms with Crippen LogP contribution in [-0.2, 0) is 12.6 Å². The van der Waals surface area contributed by atoms with E-state index >= 15 is 0 Å². The summed E-state index contributed by atoms with van der Waals surface area (Å²) in [7, 11) is 0. The first-order chi connectivity index (χ1) is 22.5. The van der Waals surface area contributed by atoms with Gasteiger partial charge in [0.05, 0.1) is 16.6 Å². The van der Waals surface area contributed by atoms with Gasteiger partial charge in [-0.1, -0.05) is 115 Å². The minimum atomic E-state index is -4.42. The van der Waals surface area contributed by atoms with Gasteiger partial charge in [-0.05, 0) is 74.8 Å². The zero-order valence-electron chi connectivity index (χ0n) is 24.5. The lowest BCUT2D eigenvalue weighted by Crippen LogP contribution is -2.05. The molecular weight excluding hydrogens is 577 g/mol. The number of hydrogen-bond acceptors (Lipinski definition) is 1. The maximum atomic E-state index is 13.6. The van der Waals surface area contributed by atoms with Crippen LogP contribution < -0.4 is 0 Å². The van der Waals surface area contributed by atoms with Crippen LogP contribution >= 0.6 is 0 Å². The highest BCUT2D eigenvalue weighted by Crippen LogP contribution is 2.44. The van der Waals surface area contributed by atoms with Crippen molar-refractivity contribution in [2.75, 3.05) is 0 Å². The summed E-state index contributed by atoms with van der Waals surface area (Å²) in [4.78, 5) is 5.24. The maximum Gasteiger partial charge on any atom is 0.416 e. The highest BCUT2D eigenvalue weighted by molar-refractivity contribution is 6.24. The zero-order valence-corrected chi connectivity index (χ0v) is 24.5. The van der Waals surface area contributed by atoms with Crippen molar-refractivity contribution < 1.29 is 13.2 Å². The molecule has 0 aliphatic heterocycles. The lowest BCUT2D eigenvalue weighted by Gasteiger charge is -2.14. The third-order valence-electron chi connectivity index (χ3n) is 9.26. The highest BCUT2D eigenvalue weighted by atomic mass is 19.4. The molecule has 0 N–H and O–H groups in total. The van der Waals surface area contributed by atoms with Gasteiger partial charge in [0.2, 0.25) is 0 Å². The number of alkyl halides is 3. The minimum Gasteiger partial charge on any atom is -0.292 e. The molecule has 5 heteroatoms. The van der Waals surface area contributed by atoms with Crippen LogP contribution in [0.5, 0.6) is 0 Å². The molecule has 0 spiro atoms. The monoisotopic (exact) mass is 602 g/mol. The van der Waals surface area contributed by atoms with Crippen LogP contribution in [0.1, 0.15) is 16.7 Å². The first-order valence-corrected chi connectivity index (χ1v) is 15.3. The summed E-state index contributed by atoms with van der Waals surface area (Å²) in [5, 5.41) is 4.14. The third kappa shape index (κ3) is 4.01. The summed E-state index contributed by atoms with van der Waals surface area (Å²) in [5.74, 6) is 0.673. The van der Waals surface area contributed by atoms with Crippen molar-refractivity contribution in [2.45, 2.75) is 12.6 Å². The van der Waals surface area contributed by atoms with Gasteiger partial charge in [0.25, 0.3) is 0 Å². The van der Waals surface area contributed by atoms with E-state index in [9.17, 15) is 13.2 Å². The summed E-state index contributed by atoms with van der Waals surface area (Å²) in [6, 6.07) is 45.2. The first-order valence-electron chi connectivity index (χ1n) is 15.3. The molecule has 0 saturated carbocycles. The van der Waals surface area contributed by atoms with E-state index in [1.165, 1.54) is 39.9 Å². The van der Waals surface area contributed by atoms with Gasteiger partial charge in [-0.15, -0.1) is 0 Å². The topological polar surface area (TPSA) is 17.8 Å². The zero-order chi connectivity index (χ0) is 31.0. The second-order valence-corrected chi connectivity index (χ2v) is 11.9. The molecule has 7 aromatic carbocycles. The Balaban J connectivity index is 1.28. The predicted molar refractivity (Wildman–Crippen MR) is 180 cm³/mol. The summed E-state index contributed by atoms with van der Waals surface area (Å²) >= 11 is 0. The molecule has 1 aliphatic carbocycles. The second kappa shape index (κ2) is 9.91. The van der Waals surface area contributed by atoms with Gasteiger partial charge in [0.15, 0.2) is 0 Å². The summed E-state index contributed by atoms with van der Waals surface area (Å²) in [6.45, 7) is 0. The van der Waals surface area contributed by atoms with E-state index in [-0.39, 0.29) is 0 Å². The van der Waals surface area contributed by atoms with Crippen LogP contribution in [0.15, 0.2) is 140 Å². The van der Waals surface area contributed by atoms with Gasteiger partial charge < -0.3 is 0 Å². The molecule has 0 fully saturated rings. The third-order valence-corrected chi connectivity index (χ3v) is 9.26. The van der Waals surface area contributed by atoms with E-state index in [0.29, 0.717) is 11.5 Å². The normalized spacial score (nSPS) is 12.6. The average Bonchev–Trinajstić information content (AvgIpc) is 3.68. The molecule has 9 rings (SSSR count). The molecule has 0 atom stereocenters. The number of halogens is 3. The molecule has 0 amide bonds. The van der Waals surface area contributed by atoms with Crippen molar-refractivity contribution in [2.24, 2.45) is 0 Å². The van der Waals surface area contributed by atoms with Crippen molar-refractivity contribution in [1.82, 2.24) is 9.55 Å². The second-order valence-electron chi connectivity index (χ2n) is 11.9. The summed E-state index contributed by atoms with van der Waals surface area (Å²) < 4.78 is 42.7. The highest BCUT2D eigenvalue weighted by Gasteiger charge is 2.30. The Morgan fingerprint density at radius 3 is 1.85 bits per heavy atom. The van der Waals surface area contributed by atoms with E-state index in [1.807, 2.05) is 28.8 Å². The lowest BCUT2D eigenvalue weighted by molar-refractivity contribution is -0.137. The van der Waals surface area contributed by atoms with Gasteiger partial charge in [0, 0.05) is 22.0 Å². The van der Waals surface area contributed by atoms with Crippen molar-refractivity contribution >= 4 is 32.6 Å². The number of fused-ring (bicyclic) bond motifs is 9. The van der Waals surface area contributed by atoms with Crippen LogP contribution in [0.3, 0.4) is 0 Å². The number of imidazole rings is 1. The molecular formula is C41H25F3N2. The molecule has 8 aromatic rings. The minimum absolute atomic E-state index is 0.618. The number of nitrogens with zero attached hydrogens (tertiary/aromatic N) is 2. The van der Waals surface area contributed by atoms with Gasteiger partial charge in [0.1, 0.15) is 5.82 Å². The van der Waals surface area contributed by atoms with E-state index in [0.717, 1.165) is 62.3 Å². The predicted octanol–water partition coefficient (Wildman–Crippen LogP) is 11.3. The van der Waals surface area contributed by atoms with Gasteiger partial charge in [-0.25, -0.2) is 4.98 Å². The number of aromatic nitrogens is 2. The lowest BCUT2D eigenvalue weighted by atomic mass is 9.94. The molecule has 2 nitrogen and oxygen atoms in total. The van der Waals surface area contributed by atoms with Crippen LogP contribution in [0.4, 0.5) is 13.2 Å². The molecule has 1 heterocycles. The molecule has 0 radical (unpaired) electrons. The Morgan fingerprint density at radius 2 is 1.11 bits per heavy atom. The van der Waals surface area contributed by atoms with Crippen molar-refractivity contribution in [3.63, 3.8) is 0 Å². The fourth-order valence-corrected chi connectivity index (χ4v) is 7.18. The Kier molecular flexibility index (Phi) is 5.75. The molecule has 1 aliphatic rings. The van der Waals surface area contributed by atoms with Gasteiger partial charge >= 0.3 is 6.18 Å². The molecule has 46 heavy (non-hydrogen) atoms. The van der Waals surface area contributed by atoms with Crippen molar-refractivity contribution in [3.05, 3.63) is 156 Å². The van der Waals surface area contributed by atoms with E-state index in [2.05, 4.69) is 91.0 Å². The fraction of sp³-hybridized carbons (Fsp3) is 0.0488. The largest absolute Gasteiger partial charge is 0.416 e. The summed E-state index contributed by atoms with van der Waals surface area (Å²) in [6.07, 6.45) is -3.49. The summed E-state index contributed by atoms with van der Waals surface area (Å²) in [5.41, 5.74) is 9.99. The van der Waals surface area contributed by atoms with Crippen molar-refractivity contribution in [3.8, 4) is 39.3 Å². The standard InChI is InChI=1S/C41H25F3N2/c42-41(43,44)29-20-22-30(23-21-29)46-39-36-14-6-4-12-34(36)33-11-3-5-13-35(33)38(39)45-40(46)26-18-16-25(17-19-26)31-15-7-9-28-24-27-8-1-2-10-32(27)37(28)31/h1-23H,24H2. The van der Waals surface area contributed by atoms with Crippen LogP contribution in [0.25, 0.3) is 71.9 Å². The Hall–Kier alpha value is -5.68. The Bertz CT molecular complexity index is 2470. The SMILES string of the molecule is FC(F)(F)c1ccc(-n2c(-c3ccc(-c4cccc5c4-c4ccccc4C5)cc3)nc3c4ccccc4c4ccccc4c32)cc1. The average molecular weight is 603 g/mol. The smallest absolute Gasteiger partial charge is 0.292 e. The fourth-order valence-electron chi connectivity index (χ4n) is 7.18. The van der Waals surface area contributed by atoms with Crippen molar-refractivity contribution in [1.29, 1.82) is 0 Å². The van der Waals surface area contributed by atoms with Gasteiger partial charge in [-0.3, -0.25) is 4.57 Å². The van der Waals surface area contributed by atoms with Crippen LogP contribution in [-0.4, -0.2) is 9.55 Å². The molecule has 0 unspecified atom stereocenters. The Morgan fingerprint density at radius 1 is 0.522 bits per heavy atom. The molecule has 1 aromatic heterocycles. The number of benzene rings is 7. The molecule has 220 valence electrons. The number of rotatable bonds is 3. The van der Waals surface area contributed by atoms with Gasteiger partial charge in [-0.2, -0.15) is 13.2 Å².